The average molecular weight is 904 g/mol. The standard InChI is InChI=1S/C68H57NO/c1-44-39-49-21-16-22-50(40-44)68(49)60-27-14-13-26-59(60)67(47-17-6-4-7-18-47,48-19-8-5-9-20-48)63-43-53(35-38-61(63)68)69(52-34-37-55-54-23-10-12-25-58(54)66(2,3)62(55)42-52)51-32-29-45(30-33-51)46-31-36-57-56-24-11-15-28-64(56)70-65(57)41-46/h4-15,17-20,23-38,41-44,49-50H,16,21-22,39-40H2,1-3H3/t44-,49-,50+,68?. The lowest BCUT2D eigenvalue weighted by Crippen LogP contribution is -2.55. The second kappa shape index (κ2) is 15.5. The van der Waals surface area contributed by atoms with Crippen LogP contribution in [-0.4, -0.2) is 0 Å². The van der Waals surface area contributed by atoms with Gasteiger partial charge in [0.15, 0.2) is 0 Å². The third-order valence-corrected chi connectivity index (χ3v) is 17.7. The average Bonchev–Trinajstić information content (AvgIpc) is 3.89. The Kier molecular flexibility index (Phi) is 9.22. The first-order chi connectivity index (χ1) is 34.3. The molecule has 10 aromatic rings. The molecule has 1 spiro atoms. The third kappa shape index (κ3) is 5.80. The lowest BCUT2D eigenvalue weighted by atomic mass is 9.42. The highest BCUT2D eigenvalue weighted by Crippen LogP contribution is 2.67. The van der Waals surface area contributed by atoms with E-state index >= 15 is 0 Å². The van der Waals surface area contributed by atoms with Gasteiger partial charge in [-0.05, 0) is 165 Å². The van der Waals surface area contributed by atoms with E-state index in [2.05, 4.69) is 232 Å². The molecule has 70 heavy (non-hydrogen) atoms. The molecule has 0 radical (unpaired) electrons. The number of para-hydroxylation sites is 1. The number of fused-ring (bicyclic) bond motifs is 8. The molecule has 340 valence electrons. The summed E-state index contributed by atoms with van der Waals surface area (Å²) in [5.41, 5.74) is 20.8. The van der Waals surface area contributed by atoms with Crippen molar-refractivity contribution in [3.05, 3.63) is 257 Å². The van der Waals surface area contributed by atoms with E-state index in [9.17, 15) is 0 Å². The summed E-state index contributed by atoms with van der Waals surface area (Å²) < 4.78 is 6.38. The van der Waals surface area contributed by atoms with Gasteiger partial charge in [-0.15, -0.1) is 0 Å². The van der Waals surface area contributed by atoms with E-state index in [-0.39, 0.29) is 10.8 Å². The fourth-order valence-corrected chi connectivity index (χ4v) is 14.9. The summed E-state index contributed by atoms with van der Waals surface area (Å²) >= 11 is 0. The molecule has 1 heterocycles. The van der Waals surface area contributed by atoms with Crippen molar-refractivity contribution >= 4 is 39.0 Å². The number of rotatable bonds is 6. The predicted octanol–water partition coefficient (Wildman–Crippen LogP) is 17.9. The molecule has 2 heteroatoms. The van der Waals surface area contributed by atoms with Crippen molar-refractivity contribution in [2.45, 2.75) is 69.1 Å². The molecular formula is C68H57NO. The topological polar surface area (TPSA) is 16.4 Å². The number of nitrogens with zero attached hydrogens (tertiary/aromatic N) is 1. The maximum Gasteiger partial charge on any atom is 0.136 e. The molecule has 4 aliphatic carbocycles. The molecule has 2 bridgehead atoms. The zero-order valence-electron chi connectivity index (χ0n) is 40.3. The van der Waals surface area contributed by atoms with Crippen LogP contribution in [0.25, 0.3) is 44.2 Å². The van der Waals surface area contributed by atoms with E-state index in [4.69, 9.17) is 4.42 Å². The number of hydrogen-bond donors (Lipinski definition) is 0. The molecule has 0 aliphatic heterocycles. The largest absolute Gasteiger partial charge is 0.456 e. The van der Waals surface area contributed by atoms with Crippen molar-refractivity contribution < 1.29 is 4.42 Å². The summed E-state index contributed by atoms with van der Waals surface area (Å²) in [5, 5.41) is 2.30. The van der Waals surface area contributed by atoms with Crippen molar-refractivity contribution in [3.8, 4) is 22.3 Å². The van der Waals surface area contributed by atoms with Gasteiger partial charge in [-0.1, -0.05) is 185 Å². The van der Waals surface area contributed by atoms with Gasteiger partial charge in [0.1, 0.15) is 11.2 Å². The first kappa shape index (κ1) is 41.5. The number of benzene rings is 9. The Morgan fingerprint density at radius 3 is 1.70 bits per heavy atom. The van der Waals surface area contributed by atoms with Gasteiger partial charge in [-0.2, -0.15) is 0 Å². The van der Waals surface area contributed by atoms with Gasteiger partial charge in [0, 0.05) is 38.7 Å². The van der Waals surface area contributed by atoms with Crippen LogP contribution in [0.5, 0.6) is 0 Å². The van der Waals surface area contributed by atoms with Gasteiger partial charge in [0.05, 0.1) is 5.41 Å². The Balaban J connectivity index is 1.02. The monoisotopic (exact) mass is 903 g/mol. The number of hydrogen-bond acceptors (Lipinski definition) is 2. The molecule has 0 amide bonds. The summed E-state index contributed by atoms with van der Waals surface area (Å²) in [5.74, 6) is 1.88. The van der Waals surface area contributed by atoms with Crippen LogP contribution in [0.1, 0.15) is 97.4 Å². The highest BCUT2D eigenvalue weighted by molar-refractivity contribution is 6.06. The van der Waals surface area contributed by atoms with Gasteiger partial charge in [0.2, 0.25) is 0 Å². The minimum Gasteiger partial charge on any atom is -0.456 e. The number of anilines is 3. The zero-order valence-corrected chi connectivity index (χ0v) is 40.3. The van der Waals surface area contributed by atoms with Crippen LogP contribution < -0.4 is 4.90 Å². The van der Waals surface area contributed by atoms with Crippen LogP contribution in [0.4, 0.5) is 17.1 Å². The van der Waals surface area contributed by atoms with E-state index in [1.54, 1.807) is 5.56 Å². The smallest absolute Gasteiger partial charge is 0.136 e. The second-order valence-corrected chi connectivity index (χ2v) is 21.6. The Morgan fingerprint density at radius 1 is 0.429 bits per heavy atom. The second-order valence-electron chi connectivity index (χ2n) is 21.6. The molecule has 0 saturated heterocycles. The van der Waals surface area contributed by atoms with Crippen LogP contribution in [0.3, 0.4) is 0 Å². The summed E-state index contributed by atoms with van der Waals surface area (Å²) in [6.45, 7) is 7.31. The summed E-state index contributed by atoms with van der Waals surface area (Å²) in [6, 6.07) is 80.8. The Hall–Kier alpha value is -7.42. The first-order valence-electron chi connectivity index (χ1n) is 25.8. The minimum absolute atomic E-state index is 0.0704. The molecular weight excluding hydrogens is 847 g/mol. The van der Waals surface area contributed by atoms with Gasteiger partial charge in [-0.3, -0.25) is 0 Å². The van der Waals surface area contributed by atoms with Crippen molar-refractivity contribution in [2.24, 2.45) is 17.8 Å². The van der Waals surface area contributed by atoms with Crippen molar-refractivity contribution in [2.75, 3.05) is 4.90 Å². The first-order valence-corrected chi connectivity index (χ1v) is 25.8. The highest BCUT2D eigenvalue weighted by Gasteiger charge is 2.60. The predicted molar refractivity (Wildman–Crippen MR) is 290 cm³/mol. The summed E-state index contributed by atoms with van der Waals surface area (Å²) in [6.07, 6.45) is 6.40. The molecule has 2 saturated carbocycles. The van der Waals surface area contributed by atoms with Crippen LogP contribution >= 0.6 is 0 Å². The van der Waals surface area contributed by atoms with Crippen LogP contribution in [-0.2, 0) is 16.2 Å². The Bertz CT molecular complexity index is 3600. The Morgan fingerprint density at radius 2 is 0.971 bits per heavy atom. The van der Waals surface area contributed by atoms with E-state index in [1.807, 2.05) is 6.07 Å². The molecule has 1 unspecified atom stereocenters. The summed E-state index contributed by atoms with van der Waals surface area (Å²) in [4.78, 5) is 2.55. The van der Waals surface area contributed by atoms with E-state index in [1.165, 1.54) is 87.9 Å². The molecule has 2 nitrogen and oxygen atoms in total. The lowest BCUT2D eigenvalue weighted by Gasteiger charge is -2.61. The molecule has 1 aromatic heterocycles. The quantitative estimate of drug-likeness (QED) is 0.165. The van der Waals surface area contributed by atoms with E-state index in [0.29, 0.717) is 11.8 Å². The fourth-order valence-electron chi connectivity index (χ4n) is 14.9. The molecule has 9 aromatic carbocycles. The molecule has 0 N–H and O–H groups in total. The fraction of sp³-hybridized carbons (Fsp3) is 0.206. The highest BCUT2D eigenvalue weighted by atomic mass is 16.3. The normalized spacial score (nSPS) is 21.2. The van der Waals surface area contributed by atoms with Crippen molar-refractivity contribution in [1.82, 2.24) is 0 Å². The molecule has 4 atom stereocenters. The van der Waals surface area contributed by atoms with Gasteiger partial charge in [-0.25, -0.2) is 0 Å². The Labute approximate surface area is 412 Å². The van der Waals surface area contributed by atoms with Gasteiger partial charge >= 0.3 is 0 Å². The summed E-state index contributed by atoms with van der Waals surface area (Å²) in [7, 11) is 0. The van der Waals surface area contributed by atoms with Crippen molar-refractivity contribution in [1.29, 1.82) is 0 Å². The number of furan rings is 1. The van der Waals surface area contributed by atoms with Crippen LogP contribution in [0, 0.1) is 17.8 Å². The molecule has 2 fully saturated rings. The van der Waals surface area contributed by atoms with Gasteiger partial charge < -0.3 is 9.32 Å². The molecule has 4 aliphatic rings. The van der Waals surface area contributed by atoms with Crippen LogP contribution in [0.2, 0.25) is 0 Å². The maximum absolute atomic E-state index is 6.38. The third-order valence-electron chi connectivity index (χ3n) is 17.7. The SMILES string of the molecule is C[C@@H]1C[C@H]2CCC[C@@H](C1)C21c2ccccc2C(c2ccccc2)(c2ccccc2)c2cc(N(c3ccc(-c4ccc5c(c4)oc4ccccc45)cc3)c3ccc4c(c3)C(C)(C)c3ccccc3-4)ccc21. The van der Waals surface area contributed by atoms with E-state index in [0.717, 1.165) is 50.4 Å². The minimum atomic E-state index is -0.556. The lowest BCUT2D eigenvalue weighted by molar-refractivity contribution is 0.0494. The van der Waals surface area contributed by atoms with Crippen LogP contribution in [0.15, 0.2) is 217 Å². The zero-order chi connectivity index (χ0) is 46.8. The maximum atomic E-state index is 6.38. The van der Waals surface area contributed by atoms with Crippen molar-refractivity contribution in [3.63, 3.8) is 0 Å². The molecule has 14 rings (SSSR count). The van der Waals surface area contributed by atoms with E-state index < -0.39 is 5.41 Å². The van der Waals surface area contributed by atoms with Gasteiger partial charge in [0.25, 0.3) is 0 Å².